The van der Waals surface area contributed by atoms with Crippen LogP contribution in [0.4, 0.5) is 10.1 Å². The molecule has 0 heterocycles. The van der Waals surface area contributed by atoms with E-state index in [9.17, 15) is 9.18 Å². The van der Waals surface area contributed by atoms with Crippen molar-refractivity contribution in [2.75, 3.05) is 12.4 Å². The third kappa shape index (κ3) is 4.77. The lowest BCUT2D eigenvalue weighted by atomic mass is 10.1. The normalized spacial score (nSPS) is 12.7. The molecule has 5 heteroatoms. The van der Waals surface area contributed by atoms with Gasteiger partial charge in [0.05, 0.1) is 7.11 Å². The molecule has 0 aliphatic rings. The average Bonchev–Trinajstić information content (AvgIpc) is 2.29. The van der Waals surface area contributed by atoms with E-state index in [4.69, 9.17) is 4.74 Å². The van der Waals surface area contributed by atoms with Crippen LogP contribution >= 0.6 is 0 Å². The second-order valence-electron chi connectivity index (χ2n) is 5.45. The lowest BCUT2D eigenvalue weighted by Gasteiger charge is -2.24. The van der Waals surface area contributed by atoms with Gasteiger partial charge >= 0.3 is 0 Å². The van der Waals surface area contributed by atoms with E-state index in [1.807, 2.05) is 20.8 Å². The number of ether oxygens (including phenoxy) is 1. The predicted octanol–water partition coefficient (Wildman–Crippen LogP) is 2.55. The third-order valence-electron chi connectivity index (χ3n) is 2.43. The summed E-state index contributed by atoms with van der Waals surface area (Å²) in [6.07, 6.45) is 0. The number of hydrogen-bond donors (Lipinski definition) is 2. The van der Waals surface area contributed by atoms with E-state index in [2.05, 4.69) is 10.6 Å². The first-order valence-corrected chi connectivity index (χ1v) is 6.15. The fourth-order valence-electron chi connectivity index (χ4n) is 1.54. The Hall–Kier alpha value is -1.78. The molecule has 4 nitrogen and oxygen atoms in total. The highest BCUT2D eigenvalue weighted by atomic mass is 19.1. The van der Waals surface area contributed by atoms with Gasteiger partial charge in [0.2, 0.25) is 5.91 Å². The molecule has 0 fully saturated rings. The topological polar surface area (TPSA) is 50.4 Å². The van der Waals surface area contributed by atoms with Crippen LogP contribution in [0.1, 0.15) is 27.7 Å². The van der Waals surface area contributed by atoms with Crippen molar-refractivity contribution in [2.45, 2.75) is 39.3 Å². The standard InChI is InChI=1S/C14H21FN2O2/c1-9(13(18)17-14(2,3)4)16-10-6-7-11(15)12(8-10)19-5/h6-9,16H,1-5H3,(H,17,18). The van der Waals surface area contributed by atoms with Crippen LogP contribution in [0.25, 0.3) is 0 Å². The van der Waals surface area contributed by atoms with Gasteiger partial charge in [-0.1, -0.05) is 0 Å². The molecule has 0 bridgehead atoms. The van der Waals surface area contributed by atoms with Crippen LogP contribution < -0.4 is 15.4 Å². The molecule has 1 atom stereocenters. The molecule has 1 amide bonds. The molecule has 0 saturated carbocycles. The average molecular weight is 268 g/mol. The first-order valence-electron chi connectivity index (χ1n) is 6.15. The van der Waals surface area contributed by atoms with E-state index in [0.29, 0.717) is 5.69 Å². The Bertz CT molecular complexity index is 455. The van der Waals surface area contributed by atoms with E-state index in [0.717, 1.165) is 0 Å². The molecule has 0 spiro atoms. The van der Waals surface area contributed by atoms with Gasteiger partial charge in [-0.25, -0.2) is 4.39 Å². The summed E-state index contributed by atoms with van der Waals surface area (Å²) in [6.45, 7) is 7.49. The maximum absolute atomic E-state index is 13.3. The molecular weight excluding hydrogens is 247 g/mol. The van der Waals surface area contributed by atoms with Crippen LogP contribution in [0.5, 0.6) is 5.75 Å². The Labute approximate surface area is 113 Å². The van der Waals surface area contributed by atoms with Gasteiger partial charge in [0.25, 0.3) is 0 Å². The molecule has 106 valence electrons. The number of carbonyl (C=O) groups excluding carboxylic acids is 1. The highest BCUT2D eigenvalue weighted by molar-refractivity contribution is 5.84. The van der Waals surface area contributed by atoms with Crippen molar-refractivity contribution < 1.29 is 13.9 Å². The molecule has 19 heavy (non-hydrogen) atoms. The summed E-state index contributed by atoms with van der Waals surface area (Å²) in [4.78, 5) is 11.9. The third-order valence-corrected chi connectivity index (χ3v) is 2.43. The van der Waals surface area contributed by atoms with Gasteiger partial charge in [-0.2, -0.15) is 0 Å². The van der Waals surface area contributed by atoms with Crippen LogP contribution in [0.2, 0.25) is 0 Å². The van der Waals surface area contributed by atoms with Gasteiger partial charge in [-0.05, 0) is 39.8 Å². The first-order chi connectivity index (χ1) is 8.73. The maximum atomic E-state index is 13.3. The highest BCUT2D eigenvalue weighted by Crippen LogP contribution is 2.21. The number of methoxy groups -OCH3 is 1. The van der Waals surface area contributed by atoms with Crippen molar-refractivity contribution in [1.82, 2.24) is 5.32 Å². The Morgan fingerprint density at radius 2 is 2.00 bits per heavy atom. The largest absolute Gasteiger partial charge is 0.494 e. The SMILES string of the molecule is COc1cc(NC(C)C(=O)NC(C)(C)C)ccc1F. The lowest BCUT2D eigenvalue weighted by molar-refractivity contribution is -0.122. The minimum absolute atomic E-state index is 0.115. The maximum Gasteiger partial charge on any atom is 0.242 e. The quantitative estimate of drug-likeness (QED) is 0.882. The van der Waals surface area contributed by atoms with Gasteiger partial charge < -0.3 is 15.4 Å². The van der Waals surface area contributed by atoms with E-state index in [-0.39, 0.29) is 17.2 Å². The summed E-state index contributed by atoms with van der Waals surface area (Å²) in [6, 6.07) is 3.97. The van der Waals surface area contributed by atoms with Crippen molar-refractivity contribution >= 4 is 11.6 Å². The Balaban J connectivity index is 2.71. The van der Waals surface area contributed by atoms with Gasteiger partial charge in [0.1, 0.15) is 6.04 Å². The van der Waals surface area contributed by atoms with Crippen LogP contribution in [-0.2, 0) is 4.79 Å². The minimum Gasteiger partial charge on any atom is -0.494 e. The zero-order chi connectivity index (χ0) is 14.6. The van der Waals surface area contributed by atoms with Crippen molar-refractivity contribution in [3.8, 4) is 5.75 Å². The molecule has 0 aliphatic carbocycles. The van der Waals surface area contributed by atoms with Gasteiger partial charge in [-0.3, -0.25) is 4.79 Å². The summed E-state index contributed by atoms with van der Waals surface area (Å²) in [5.41, 5.74) is 0.350. The number of benzene rings is 1. The summed E-state index contributed by atoms with van der Waals surface area (Å²) in [5, 5.41) is 5.88. The van der Waals surface area contributed by atoms with Crippen molar-refractivity contribution in [3.63, 3.8) is 0 Å². The van der Waals surface area contributed by atoms with Gasteiger partial charge in [-0.15, -0.1) is 0 Å². The number of anilines is 1. The zero-order valence-electron chi connectivity index (χ0n) is 12.0. The summed E-state index contributed by atoms with van der Waals surface area (Å²) < 4.78 is 18.1. The van der Waals surface area contributed by atoms with Crippen molar-refractivity contribution in [1.29, 1.82) is 0 Å². The van der Waals surface area contributed by atoms with Crippen molar-refractivity contribution in [3.05, 3.63) is 24.0 Å². The summed E-state index contributed by atoms with van der Waals surface area (Å²) >= 11 is 0. The van der Waals surface area contributed by atoms with E-state index in [1.165, 1.54) is 19.2 Å². The number of halogens is 1. The monoisotopic (exact) mass is 268 g/mol. The fourth-order valence-corrected chi connectivity index (χ4v) is 1.54. The van der Waals surface area contributed by atoms with Crippen molar-refractivity contribution in [2.24, 2.45) is 0 Å². The lowest BCUT2D eigenvalue weighted by Crippen LogP contribution is -2.47. The molecule has 1 aromatic carbocycles. The molecule has 1 unspecified atom stereocenters. The number of carbonyl (C=O) groups is 1. The predicted molar refractivity (Wildman–Crippen MR) is 73.9 cm³/mol. The summed E-state index contributed by atoms with van der Waals surface area (Å²) in [5.74, 6) is -0.399. The fraction of sp³-hybridized carbons (Fsp3) is 0.500. The second-order valence-corrected chi connectivity index (χ2v) is 5.45. The van der Waals surface area contributed by atoms with Crippen LogP contribution in [-0.4, -0.2) is 24.6 Å². The molecule has 2 N–H and O–H groups in total. The molecule has 0 aliphatic heterocycles. The highest BCUT2D eigenvalue weighted by Gasteiger charge is 2.19. The van der Waals surface area contributed by atoms with Gasteiger partial charge in [0.15, 0.2) is 11.6 Å². The molecular formula is C14H21FN2O2. The Morgan fingerprint density at radius 3 is 2.53 bits per heavy atom. The Morgan fingerprint density at radius 1 is 1.37 bits per heavy atom. The molecule has 0 aromatic heterocycles. The van der Waals surface area contributed by atoms with Crippen LogP contribution in [0.15, 0.2) is 18.2 Å². The van der Waals surface area contributed by atoms with Gasteiger partial charge in [0, 0.05) is 17.3 Å². The van der Waals surface area contributed by atoms with E-state index < -0.39 is 11.9 Å². The summed E-state index contributed by atoms with van der Waals surface area (Å²) in [7, 11) is 1.40. The molecule has 1 rings (SSSR count). The van der Waals surface area contributed by atoms with Crippen LogP contribution in [0, 0.1) is 5.82 Å². The number of amides is 1. The molecule has 1 aromatic rings. The van der Waals surface area contributed by atoms with E-state index in [1.54, 1.807) is 13.0 Å². The number of nitrogens with one attached hydrogen (secondary N) is 2. The smallest absolute Gasteiger partial charge is 0.242 e. The minimum atomic E-state index is -0.431. The molecule has 0 saturated heterocycles. The number of rotatable bonds is 4. The van der Waals surface area contributed by atoms with E-state index >= 15 is 0 Å². The first kappa shape index (κ1) is 15.3. The van der Waals surface area contributed by atoms with Crippen LogP contribution in [0.3, 0.4) is 0 Å². The zero-order valence-corrected chi connectivity index (χ0v) is 12.0. The molecule has 0 radical (unpaired) electrons. The Kier molecular flexibility index (Phi) is 4.75. The number of hydrogen-bond acceptors (Lipinski definition) is 3. The second kappa shape index (κ2) is 5.91.